The molecule has 283 valence electrons. The van der Waals surface area contributed by atoms with Crippen molar-refractivity contribution >= 4 is 49.1 Å². The number of aromatic nitrogens is 1. The second kappa shape index (κ2) is 16.4. The number of nitrogens with zero attached hydrogens (tertiary/aromatic N) is 1. The summed E-state index contributed by atoms with van der Waals surface area (Å²) in [7, 11) is 0. The fourth-order valence-corrected chi connectivity index (χ4v) is 7.92. The predicted octanol–water partition coefficient (Wildman–Crippen LogP) is 14.2. The Morgan fingerprint density at radius 3 is 2.04 bits per heavy atom. The van der Waals surface area contributed by atoms with Gasteiger partial charge in [-0.2, -0.15) is 0 Å². The molecule has 1 N–H and O–H groups in total. The Balaban J connectivity index is 0.000000299. The summed E-state index contributed by atoms with van der Waals surface area (Å²) in [6.45, 7) is 25.4. The zero-order chi connectivity index (χ0) is 38.2. The molecular formula is C47H56IrNO3S-. The van der Waals surface area contributed by atoms with Crippen molar-refractivity contribution in [2.75, 3.05) is 0 Å². The van der Waals surface area contributed by atoms with Crippen molar-refractivity contribution in [2.45, 2.75) is 114 Å². The van der Waals surface area contributed by atoms with Crippen molar-refractivity contribution in [3.63, 3.8) is 0 Å². The van der Waals surface area contributed by atoms with E-state index in [-0.39, 0.29) is 47.9 Å². The molecule has 0 aliphatic carbocycles. The van der Waals surface area contributed by atoms with Crippen molar-refractivity contribution < 1.29 is 34.4 Å². The van der Waals surface area contributed by atoms with Gasteiger partial charge >= 0.3 is 0 Å². The summed E-state index contributed by atoms with van der Waals surface area (Å²) >= 11 is 1.77. The largest absolute Gasteiger partial charge is 0.512 e. The Labute approximate surface area is 334 Å². The van der Waals surface area contributed by atoms with Gasteiger partial charge in [-0.3, -0.25) is 9.78 Å². The normalized spacial score (nSPS) is 12.6. The second-order valence-electron chi connectivity index (χ2n) is 15.9. The number of aryl methyl sites for hydroxylation is 3. The van der Waals surface area contributed by atoms with Gasteiger partial charge in [0.1, 0.15) is 21.9 Å². The SMILES string of the molecule is CCC(C)(CC)C(=O)/C=C(\O)C(C)(CC)CC.Cc1oc2ccccc2c1-c1cc(-c2[c-]c3ccccc3c(C(C)(C)C)c2)nc2sc(C)c(C)c12.[Ir]. The van der Waals surface area contributed by atoms with Gasteiger partial charge < -0.3 is 9.52 Å². The van der Waals surface area contributed by atoms with Gasteiger partial charge in [-0.05, 0) is 69.1 Å². The Hall–Kier alpha value is -3.57. The Morgan fingerprint density at radius 1 is 0.849 bits per heavy atom. The van der Waals surface area contributed by atoms with Crippen LogP contribution in [0.3, 0.4) is 0 Å². The predicted molar refractivity (Wildman–Crippen MR) is 223 cm³/mol. The summed E-state index contributed by atoms with van der Waals surface area (Å²) < 4.78 is 6.19. The first kappa shape index (κ1) is 42.2. The minimum atomic E-state index is -0.337. The Morgan fingerprint density at radius 2 is 1.43 bits per heavy atom. The minimum absolute atomic E-state index is 0. The molecule has 6 aromatic rings. The first-order chi connectivity index (χ1) is 24.5. The average Bonchev–Trinajstić information content (AvgIpc) is 3.63. The average molecular weight is 907 g/mol. The fraction of sp³-hybridized carbons (Fsp3) is 0.404. The third-order valence-corrected chi connectivity index (χ3v) is 12.7. The summed E-state index contributed by atoms with van der Waals surface area (Å²) in [5.74, 6) is 1.22. The van der Waals surface area contributed by atoms with Crippen LogP contribution in [0.1, 0.15) is 110 Å². The van der Waals surface area contributed by atoms with Gasteiger partial charge in [0.2, 0.25) is 0 Å². The number of hydrogen-bond acceptors (Lipinski definition) is 5. The zero-order valence-electron chi connectivity index (χ0n) is 33.6. The third-order valence-electron chi connectivity index (χ3n) is 11.6. The number of benzene rings is 3. The molecule has 0 amide bonds. The number of carbonyl (C=O) groups excluding carboxylic acids is 1. The number of pyridine rings is 1. The summed E-state index contributed by atoms with van der Waals surface area (Å²) in [4.78, 5) is 19.7. The van der Waals surface area contributed by atoms with Gasteiger partial charge in [-0.1, -0.05) is 116 Å². The molecule has 3 heterocycles. The molecule has 6 heteroatoms. The number of aliphatic hydroxyl groups is 1. The maximum Gasteiger partial charge on any atom is 0.164 e. The van der Waals surface area contributed by atoms with Gasteiger partial charge in [-0.25, -0.2) is 0 Å². The number of rotatable bonds is 9. The topological polar surface area (TPSA) is 63.3 Å². The fourth-order valence-electron chi connectivity index (χ4n) is 6.87. The van der Waals surface area contributed by atoms with Gasteiger partial charge in [0.05, 0.1) is 0 Å². The molecule has 0 aliphatic heterocycles. The van der Waals surface area contributed by atoms with Crippen LogP contribution in [0.4, 0.5) is 0 Å². The number of ketones is 1. The molecule has 3 aromatic heterocycles. The maximum atomic E-state index is 12.2. The molecule has 4 nitrogen and oxygen atoms in total. The molecule has 0 atom stereocenters. The van der Waals surface area contributed by atoms with E-state index in [0.717, 1.165) is 69.5 Å². The summed E-state index contributed by atoms with van der Waals surface area (Å²) in [6, 6.07) is 25.1. The van der Waals surface area contributed by atoms with Crippen LogP contribution in [0, 0.1) is 37.7 Å². The van der Waals surface area contributed by atoms with E-state index in [9.17, 15) is 9.90 Å². The number of para-hydroxylation sites is 1. The first-order valence-electron chi connectivity index (χ1n) is 18.8. The van der Waals surface area contributed by atoms with E-state index >= 15 is 0 Å². The van der Waals surface area contributed by atoms with E-state index in [2.05, 4.69) is 96.1 Å². The van der Waals surface area contributed by atoms with Gasteiger partial charge in [0.25, 0.3) is 0 Å². The molecule has 53 heavy (non-hydrogen) atoms. The number of thiophene rings is 1. The number of carbonyl (C=O) groups is 1. The van der Waals surface area contributed by atoms with E-state index in [1.54, 1.807) is 11.3 Å². The second-order valence-corrected chi connectivity index (χ2v) is 17.1. The zero-order valence-corrected chi connectivity index (χ0v) is 36.8. The Bertz CT molecular complexity index is 2270. The van der Waals surface area contributed by atoms with Crippen molar-refractivity contribution in [2.24, 2.45) is 10.8 Å². The summed E-state index contributed by atoms with van der Waals surface area (Å²) in [5, 5.41) is 14.9. The van der Waals surface area contributed by atoms with Gasteiger partial charge in [0, 0.05) is 63.9 Å². The van der Waals surface area contributed by atoms with E-state index in [1.165, 1.54) is 38.4 Å². The molecule has 0 saturated carbocycles. The Kier molecular flexibility index (Phi) is 13.1. The quantitative estimate of drug-likeness (QED) is 0.0892. The van der Waals surface area contributed by atoms with Crippen molar-refractivity contribution in [3.8, 4) is 22.4 Å². The molecule has 0 spiro atoms. The van der Waals surface area contributed by atoms with E-state index in [0.29, 0.717) is 0 Å². The monoisotopic (exact) mass is 907 g/mol. The molecule has 3 aromatic carbocycles. The molecule has 0 fully saturated rings. The van der Waals surface area contributed by atoms with Gasteiger partial charge in [0.15, 0.2) is 5.78 Å². The van der Waals surface area contributed by atoms with Gasteiger partial charge in [-0.15, -0.1) is 40.5 Å². The van der Waals surface area contributed by atoms with Crippen LogP contribution in [-0.2, 0) is 30.3 Å². The smallest absolute Gasteiger partial charge is 0.164 e. The van der Waals surface area contributed by atoms with E-state index in [4.69, 9.17) is 9.40 Å². The third kappa shape index (κ3) is 8.26. The van der Waals surface area contributed by atoms with Crippen LogP contribution in [0.25, 0.3) is 54.3 Å². The number of allylic oxidation sites excluding steroid dienone is 2. The molecule has 6 rings (SSSR count). The molecule has 0 bridgehead atoms. The van der Waals surface area contributed by atoms with Crippen LogP contribution in [0.5, 0.6) is 0 Å². The molecular weight excluding hydrogens is 851 g/mol. The van der Waals surface area contributed by atoms with E-state index < -0.39 is 0 Å². The summed E-state index contributed by atoms with van der Waals surface area (Å²) in [5.41, 5.74) is 7.26. The van der Waals surface area contributed by atoms with Crippen molar-refractivity contribution in [3.05, 3.63) is 100 Å². The summed E-state index contributed by atoms with van der Waals surface area (Å²) in [6.07, 6.45) is 4.75. The van der Waals surface area contributed by atoms with Crippen LogP contribution in [-0.4, -0.2) is 15.9 Å². The van der Waals surface area contributed by atoms with Crippen molar-refractivity contribution in [1.29, 1.82) is 0 Å². The van der Waals surface area contributed by atoms with Crippen LogP contribution in [0.15, 0.2) is 76.9 Å². The van der Waals surface area contributed by atoms with Crippen molar-refractivity contribution in [1.82, 2.24) is 4.98 Å². The maximum absolute atomic E-state index is 12.2. The molecule has 1 radical (unpaired) electrons. The first-order valence-corrected chi connectivity index (χ1v) is 19.6. The number of furan rings is 1. The molecule has 0 unspecified atom stereocenters. The van der Waals surface area contributed by atoms with Crippen LogP contribution in [0.2, 0.25) is 0 Å². The van der Waals surface area contributed by atoms with E-state index in [1.807, 2.05) is 53.7 Å². The molecule has 0 aliphatic rings. The molecule has 0 saturated heterocycles. The minimum Gasteiger partial charge on any atom is -0.512 e. The number of fused-ring (bicyclic) bond motifs is 3. The number of hydrogen-bond donors (Lipinski definition) is 1. The van der Waals surface area contributed by atoms with Crippen LogP contribution >= 0.6 is 11.3 Å². The van der Waals surface area contributed by atoms with Crippen LogP contribution < -0.4 is 0 Å². The standard InChI is InChI=1S/C32H28NOS.C15H28O2.Ir/c1-18-20(3)35-31-29(18)25(30-19(2)34-28-14-10-9-13-24(28)30)17-27(33-31)22-15-21-11-7-8-12-23(21)26(16-22)32(4,5)6;1-7-14(5,8-2)12(16)11-13(17)15(6,9-3)10-4;/h7-14,16-17H,1-6H3;11,16H,7-10H2,1-6H3;/q-1;;/b;12-11-;. The number of aliphatic hydroxyl groups excluding tert-OH is 1.